The van der Waals surface area contributed by atoms with Gasteiger partial charge in [0.1, 0.15) is 23.4 Å². The summed E-state index contributed by atoms with van der Waals surface area (Å²) in [6.45, 7) is 0.194. The molecule has 2 bridgehead atoms. The molecular weight excluding hydrogens is 376 g/mol. The maximum atomic E-state index is 13.9. The van der Waals surface area contributed by atoms with E-state index < -0.39 is 23.6 Å². The van der Waals surface area contributed by atoms with Crippen LogP contribution in [0.1, 0.15) is 38.5 Å². The standard InChI is InChI=1S/C19H23F2N3O2.ClH/c20-14-2-1-3-15(21)18(14)24-7-6-16(19(24)26)23-17(25)10-11-8-12-4-5-13(9-11)22-12;/h1-3,11-13,16,22H,4-10H2,(H,23,25);1H. The molecule has 3 fully saturated rings. The Morgan fingerprint density at radius 3 is 2.41 bits per heavy atom. The first-order valence-electron chi connectivity index (χ1n) is 9.32. The number of para-hydroxylation sites is 1. The van der Waals surface area contributed by atoms with E-state index in [1.165, 1.54) is 18.9 Å². The van der Waals surface area contributed by atoms with Gasteiger partial charge in [0.2, 0.25) is 11.8 Å². The highest BCUT2D eigenvalue weighted by Crippen LogP contribution is 2.33. The summed E-state index contributed by atoms with van der Waals surface area (Å²) in [4.78, 5) is 26.0. The fourth-order valence-corrected chi connectivity index (χ4v) is 4.64. The van der Waals surface area contributed by atoms with Crippen molar-refractivity contribution in [1.29, 1.82) is 0 Å². The highest BCUT2D eigenvalue weighted by molar-refractivity contribution is 6.01. The van der Waals surface area contributed by atoms with E-state index in [0.29, 0.717) is 30.8 Å². The predicted octanol–water partition coefficient (Wildman–Crippen LogP) is 2.53. The smallest absolute Gasteiger partial charge is 0.249 e. The van der Waals surface area contributed by atoms with E-state index in [2.05, 4.69) is 10.6 Å². The van der Waals surface area contributed by atoms with Crippen LogP contribution in [0.25, 0.3) is 0 Å². The minimum atomic E-state index is -0.768. The van der Waals surface area contributed by atoms with Gasteiger partial charge >= 0.3 is 0 Å². The van der Waals surface area contributed by atoms with Gasteiger partial charge in [0.05, 0.1) is 0 Å². The second-order valence-electron chi connectivity index (χ2n) is 7.65. The van der Waals surface area contributed by atoms with Gasteiger partial charge in [0.15, 0.2) is 0 Å². The van der Waals surface area contributed by atoms with Crippen LogP contribution in [0.5, 0.6) is 0 Å². The number of benzene rings is 1. The first-order chi connectivity index (χ1) is 12.5. The summed E-state index contributed by atoms with van der Waals surface area (Å²) in [5.41, 5.74) is -0.329. The first-order valence-corrected chi connectivity index (χ1v) is 9.32. The van der Waals surface area contributed by atoms with Gasteiger partial charge in [-0.2, -0.15) is 0 Å². The Morgan fingerprint density at radius 2 is 1.78 bits per heavy atom. The van der Waals surface area contributed by atoms with Crippen LogP contribution in [-0.4, -0.2) is 36.5 Å². The van der Waals surface area contributed by atoms with Crippen LogP contribution in [0.2, 0.25) is 0 Å². The molecule has 3 unspecified atom stereocenters. The van der Waals surface area contributed by atoms with Crippen LogP contribution in [-0.2, 0) is 9.59 Å². The quantitative estimate of drug-likeness (QED) is 0.817. The molecule has 5 nitrogen and oxygen atoms in total. The van der Waals surface area contributed by atoms with Gasteiger partial charge in [-0.3, -0.25) is 9.59 Å². The Labute approximate surface area is 163 Å². The summed E-state index contributed by atoms with van der Waals surface area (Å²) in [7, 11) is 0. The molecule has 4 rings (SSSR count). The van der Waals surface area contributed by atoms with Crippen LogP contribution >= 0.6 is 12.4 Å². The third-order valence-corrected chi connectivity index (χ3v) is 5.79. The monoisotopic (exact) mass is 399 g/mol. The van der Waals surface area contributed by atoms with Gasteiger partial charge in [-0.15, -0.1) is 12.4 Å². The number of anilines is 1. The topological polar surface area (TPSA) is 61.4 Å². The maximum Gasteiger partial charge on any atom is 0.249 e. The molecule has 8 heteroatoms. The molecule has 0 aliphatic carbocycles. The van der Waals surface area contributed by atoms with Gasteiger partial charge in [-0.25, -0.2) is 8.78 Å². The van der Waals surface area contributed by atoms with Crippen molar-refractivity contribution in [2.75, 3.05) is 11.4 Å². The molecule has 1 aromatic rings. The number of amides is 2. The molecule has 148 valence electrons. The summed E-state index contributed by atoms with van der Waals surface area (Å²) >= 11 is 0. The minimum Gasteiger partial charge on any atom is -0.344 e. The number of carbonyl (C=O) groups is 2. The van der Waals surface area contributed by atoms with Crippen LogP contribution in [0, 0.1) is 17.6 Å². The molecule has 27 heavy (non-hydrogen) atoms. The molecule has 3 heterocycles. The van der Waals surface area contributed by atoms with Crippen molar-refractivity contribution in [3.05, 3.63) is 29.8 Å². The third-order valence-electron chi connectivity index (χ3n) is 5.79. The van der Waals surface area contributed by atoms with Gasteiger partial charge in [0.25, 0.3) is 0 Å². The van der Waals surface area contributed by atoms with Crippen LogP contribution in [0.3, 0.4) is 0 Å². The zero-order valence-corrected chi connectivity index (χ0v) is 15.7. The molecular formula is C19H24ClF2N3O2. The lowest BCUT2D eigenvalue weighted by Crippen LogP contribution is -2.44. The molecule has 3 atom stereocenters. The van der Waals surface area contributed by atoms with Crippen molar-refractivity contribution in [3.63, 3.8) is 0 Å². The summed E-state index contributed by atoms with van der Waals surface area (Å²) in [6.07, 6.45) is 5.10. The van der Waals surface area contributed by atoms with Crippen molar-refractivity contribution in [1.82, 2.24) is 10.6 Å². The SMILES string of the molecule is Cl.O=C(CC1CC2CCC(C1)N2)NC1CCN(c2c(F)cccc2F)C1=O. The van der Waals surface area contributed by atoms with Gasteiger partial charge in [-0.05, 0) is 50.2 Å². The second kappa shape index (κ2) is 8.10. The lowest BCUT2D eigenvalue weighted by Gasteiger charge is -2.28. The highest BCUT2D eigenvalue weighted by Gasteiger charge is 2.38. The number of nitrogens with zero attached hydrogens (tertiary/aromatic N) is 1. The van der Waals surface area contributed by atoms with E-state index in [1.807, 2.05) is 0 Å². The van der Waals surface area contributed by atoms with Crippen LogP contribution < -0.4 is 15.5 Å². The largest absolute Gasteiger partial charge is 0.344 e. The molecule has 3 aliphatic heterocycles. The summed E-state index contributed by atoms with van der Waals surface area (Å²) in [6, 6.07) is 3.84. The van der Waals surface area contributed by atoms with Crippen molar-refractivity contribution < 1.29 is 18.4 Å². The molecule has 2 amide bonds. The Balaban J connectivity index is 0.00000210. The lowest BCUT2D eigenvalue weighted by molar-refractivity contribution is -0.127. The van der Waals surface area contributed by atoms with Crippen molar-refractivity contribution in [2.24, 2.45) is 5.92 Å². The number of nitrogens with one attached hydrogen (secondary N) is 2. The number of fused-ring (bicyclic) bond motifs is 2. The summed E-state index contributed by atoms with van der Waals surface area (Å²) < 4.78 is 27.9. The Kier molecular flexibility index (Phi) is 6.01. The molecule has 0 spiro atoms. The van der Waals surface area contributed by atoms with E-state index in [9.17, 15) is 18.4 Å². The first kappa shape index (κ1) is 20.0. The second-order valence-corrected chi connectivity index (χ2v) is 7.65. The zero-order chi connectivity index (χ0) is 18.3. The average molecular weight is 400 g/mol. The van der Waals surface area contributed by atoms with Crippen LogP contribution in [0.15, 0.2) is 18.2 Å². The van der Waals surface area contributed by atoms with Crippen molar-refractivity contribution >= 4 is 29.9 Å². The zero-order valence-electron chi connectivity index (χ0n) is 14.9. The number of hydrogen-bond donors (Lipinski definition) is 2. The molecule has 1 aromatic carbocycles. The van der Waals surface area contributed by atoms with E-state index in [4.69, 9.17) is 0 Å². The van der Waals surface area contributed by atoms with Crippen molar-refractivity contribution in [3.8, 4) is 0 Å². The Bertz CT molecular complexity index is 701. The van der Waals surface area contributed by atoms with Crippen LogP contribution in [0.4, 0.5) is 14.5 Å². The van der Waals surface area contributed by atoms with E-state index in [-0.39, 0.29) is 30.5 Å². The molecule has 0 aromatic heterocycles. The van der Waals surface area contributed by atoms with Gasteiger partial charge in [0, 0.05) is 25.0 Å². The Morgan fingerprint density at radius 1 is 1.15 bits per heavy atom. The van der Waals surface area contributed by atoms with Crippen molar-refractivity contribution in [2.45, 2.75) is 56.7 Å². The normalized spacial score (nSPS) is 29.6. The molecule has 2 N–H and O–H groups in total. The van der Waals surface area contributed by atoms with Gasteiger partial charge in [-0.1, -0.05) is 6.07 Å². The number of piperidine rings is 1. The Hall–Kier alpha value is -1.73. The predicted molar refractivity (Wildman–Crippen MR) is 99.8 cm³/mol. The van der Waals surface area contributed by atoms with E-state index in [0.717, 1.165) is 29.9 Å². The fraction of sp³-hybridized carbons (Fsp3) is 0.579. The highest BCUT2D eigenvalue weighted by atomic mass is 35.5. The molecule has 0 radical (unpaired) electrons. The molecule has 0 saturated carbocycles. The molecule has 3 aliphatic rings. The number of rotatable bonds is 4. The molecule has 3 saturated heterocycles. The minimum absolute atomic E-state index is 0. The number of hydrogen-bond acceptors (Lipinski definition) is 3. The maximum absolute atomic E-state index is 13.9. The number of halogens is 3. The average Bonchev–Trinajstić information content (AvgIpc) is 3.11. The third kappa shape index (κ3) is 4.09. The van der Waals surface area contributed by atoms with Gasteiger partial charge < -0.3 is 15.5 Å². The number of carbonyl (C=O) groups excluding carboxylic acids is 2. The summed E-state index contributed by atoms with van der Waals surface area (Å²) in [5, 5.41) is 6.31. The van der Waals surface area contributed by atoms with E-state index >= 15 is 0 Å². The summed E-state index contributed by atoms with van der Waals surface area (Å²) in [5.74, 6) is -1.80. The lowest BCUT2D eigenvalue weighted by atomic mass is 9.89. The fourth-order valence-electron chi connectivity index (χ4n) is 4.64. The van der Waals surface area contributed by atoms with E-state index in [1.54, 1.807) is 0 Å².